The highest BCUT2D eigenvalue weighted by atomic mass is 32.2. The molecule has 0 aliphatic carbocycles. The molecule has 1 amide bonds. The zero-order chi connectivity index (χ0) is 20.7. The molecule has 3 rings (SSSR count). The second kappa shape index (κ2) is 10.2. The summed E-state index contributed by atoms with van der Waals surface area (Å²) in [4.78, 5) is 15.3. The van der Waals surface area contributed by atoms with Gasteiger partial charge < -0.3 is 14.8 Å². The van der Waals surface area contributed by atoms with Gasteiger partial charge in [-0.05, 0) is 30.4 Å². The van der Waals surface area contributed by atoms with Crippen LogP contribution < -0.4 is 10.0 Å². The Balaban J connectivity index is 1.66. The number of rotatable bonds is 9. The summed E-state index contributed by atoms with van der Waals surface area (Å²) in [5.74, 6) is 1.79. The van der Waals surface area contributed by atoms with Crippen LogP contribution in [0.15, 0.2) is 29.2 Å². The maximum absolute atomic E-state index is 12.8. The van der Waals surface area contributed by atoms with Gasteiger partial charge in [0.2, 0.25) is 10.0 Å². The number of thioether (sulfide) groups is 1. The van der Waals surface area contributed by atoms with E-state index in [0.29, 0.717) is 12.1 Å². The van der Waals surface area contributed by atoms with Crippen LogP contribution in [0.3, 0.4) is 0 Å². The van der Waals surface area contributed by atoms with E-state index in [9.17, 15) is 13.2 Å². The number of carbonyl (C=O) groups excluding carboxylic acids is 1. The maximum atomic E-state index is 12.8. The Morgan fingerprint density at radius 1 is 1.34 bits per heavy atom. The molecule has 8 nitrogen and oxygen atoms in total. The normalized spacial score (nSPS) is 23.2. The van der Waals surface area contributed by atoms with Gasteiger partial charge in [0.05, 0.1) is 24.7 Å². The predicted molar refractivity (Wildman–Crippen MR) is 113 cm³/mol. The summed E-state index contributed by atoms with van der Waals surface area (Å²) in [7, 11) is -2.18. The van der Waals surface area contributed by atoms with Crippen LogP contribution >= 0.6 is 11.8 Å². The van der Waals surface area contributed by atoms with Crippen molar-refractivity contribution in [1.82, 2.24) is 14.9 Å². The third kappa shape index (κ3) is 5.71. The first-order valence-electron chi connectivity index (χ1n) is 9.74. The molecule has 29 heavy (non-hydrogen) atoms. The van der Waals surface area contributed by atoms with E-state index in [1.165, 1.54) is 19.2 Å². The molecule has 0 radical (unpaired) electrons. The average molecular weight is 444 g/mol. The minimum absolute atomic E-state index is 0.0600. The smallest absolute Gasteiger partial charge is 0.251 e. The number of sulfonamides is 1. The monoisotopic (exact) mass is 443 g/mol. The minimum atomic E-state index is -3.68. The van der Waals surface area contributed by atoms with Gasteiger partial charge in [0, 0.05) is 50.1 Å². The molecule has 2 saturated heterocycles. The molecule has 1 aromatic carbocycles. The third-order valence-corrected chi connectivity index (χ3v) is 8.04. The fourth-order valence-corrected chi connectivity index (χ4v) is 6.18. The van der Waals surface area contributed by atoms with Crippen LogP contribution in [-0.4, -0.2) is 89.4 Å². The fraction of sp³-hybridized carbons (Fsp3) is 0.632. The molecule has 1 atom stereocenters. The Bertz CT molecular complexity index is 791. The number of benzene rings is 1. The fourth-order valence-electron chi connectivity index (χ4n) is 3.65. The summed E-state index contributed by atoms with van der Waals surface area (Å²) in [5, 5.41) is 3.04. The van der Waals surface area contributed by atoms with Gasteiger partial charge in [-0.1, -0.05) is 6.07 Å². The highest BCUT2D eigenvalue weighted by Crippen LogP contribution is 2.33. The highest BCUT2D eigenvalue weighted by Gasteiger charge is 2.40. The van der Waals surface area contributed by atoms with Crippen molar-refractivity contribution in [2.24, 2.45) is 0 Å². The molecule has 1 aromatic rings. The van der Waals surface area contributed by atoms with Crippen LogP contribution in [0.25, 0.3) is 0 Å². The van der Waals surface area contributed by atoms with Crippen molar-refractivity contribution in [3.63, 3.8) is 0 Å². The number of morpholine rings is 1. The first-order valence-corrected chi connectivity index (χ1v) is 12.4. The Morgan fingerprint density at radius 2 is 2.14 bits per heavy atom. The first kappa shape index (κ1) is 22.5. The standard InChI is InChI=1S/C19H29N3O5S2/c1-26-9-6-21-29(24,25)17-4-2-3-16(13-17)18(23)20-14-19(5-12-28-15-19)22-7-10-27-11-8-22/h2-4,13,21H,5-12,14-15H2,1H3,(H,20,23). The second-order valence-electron chi connectivity index (χ2n) is 7.23. The summed E-state index contributed by atoms with van der Waals surface area (Å²) >= 11 is 1.91. The molecule has 0 saturated carbocycles. The number of hydrogen-bond acceptors (Lipinski definition) is 7. The zero-order valence-corrected chi connectivity index (χ0v) is 18.3. The lowest BCUT2D eigenvalue weighted by atomic mass is 9.95. The van der Waals surface area contributed by atoms with Crippen LogP contribution in [0, 0.1) is 0 Å². The van der Waals surface area contributed by atoms with Crippen molar-refractivity contribution in [3.05, 3.63) is 29.8 Å². The van der Waals surface area contributed by atoms with Gasteiger partial charge in [0.1, 0.15) is 0 Å². The molecule has 162 valence electrons. The molecule has 2 aliphatic rings. The summed E-state index contributed by atoms with van der Waals surface area (Å²) in [5.41, 5.74) is 0.276. The van der Waals surface area contributed by atoms with Crippen LogP contribution in [0.5, 0.6) is 0 Å². The van der Waals surface area contributed by atoms with Gasteiger partial charge in [-0.15, -0.1) is 0 Å². The molecule has 2 N–H and O–H groups in total. The number of methoxy groups -OCH3 is 1. The molecule has 2 aliphatic heterocycles. The van der Waals surface area contributed by atoms with Crippen LogP contribution in [-0.2, 0) is 19.5 Å². The van der Waals surface area contributed by atoms with Crippen molar-refractivity contribution >= 4 is 27.7 Å². The Kier molecular flexibility index (Phi) is 7.94. The number of ether oxygens (including phenoxy) is 2. The zero-order valence-electron chi connectivity index (χ0n) is 16.7. The van der Waals surface area contributed by atoms with Gasteiger partial charge in [-0.25, -0.2) is 13.1 Å². The lowest BCUT2D eigenvalue weighted by molar-refractivity contribution is -0.0129. The lowest BCUT2D eigenvalue weighted by Crippen LogP contribution is -2.59. The molecule has 0 aromatic heterocycles. The van der Waals surface area contributed by atoms with E-state index in [1.807, 2.05) is 11.8 Å². The van der Waals surface area contributed by atoms with Gasteiger partial charge in [-0.3, -0.25) is 9.69 Å². The van der Waals surface area contributed by atoms with Crippen molar-refractivity contribution in [1.29, 1.82) is 0 Å². The Labute approximate surface area is 176 Å². The van der Waals surface area contributed by atoms with Crippen LogP contribution in [0.2, 0.25) is 0 Å². The first-order chi connectivity index (χ1) is 14.0. The minimum Gasteiger partial charge on any atom is -0.383 e. The van der Waals surface area contributed by atoms with E-state index in [-0.39, 0.29) is 29.5 Å². The van der Waals surface area contributed by atoms with Crippen molar-refractivity contribution in [2.45, 2.75) is 16.9 Å². The van der Waals surface area contributed by atoms with Crippen LogP contribution in [0.1, 0.15) is 16.8 Å². The SMILES string of the molecule is COCCNS(=O)(=O)c1cccc(C(=O)NCC2(N3CCOCC3)CCSC2)c1. The molecule has 0 spiro atoms. The lowest BCUT2D eigenvalue weighted by Gasteiger charge is -2.43. The largest absolute Gasteiger partial charge is 0.383 e. The average Bonchev–Trinajstić information content (AvgIpc) is 3.23. The quantitative estimate of drug-likeness (QED) is 0.538. The highest BCUT2D eigenvalue weighted by molar-refractivity contribution is 7.99. The maximum Gasteiger partial charge on any atom is 0.251 e. The number of hydrogen-bond donors (Lipinski definition) is 2. The third-order valence-electron chi connectivity index (χ3n) is 5.35. The van der Waals surface area contributed by atoms with Crippen molar-refractivity contribution in [3.8, 4) is 0 Å². The van der Waals surface area contributed by atoms with E-state index >= 15 is 0 Å². The van der Waals surface area contributed by atoms with E-state index in [0.717, 1.165) is 44.2 Å². The van der Waals surface area contributed by atoms with Crippen molar-refractivity contribution < 1.29 is 22.7 Å². The summed E-state index contributed by atoms with van der Waals surface area (Å²) < 4.78 is 37.6. The second-order valence-corrected chi connectivity index (χ2v) is 10.1. The van der Waals surface area contributed by atoms with Crippen LogP contribution in [0.4, 0.5) is 0 Å². The number of nitrogens with zero attached hydrogens (tertiary/aromatic N) is 1. The molecule has 1 unspecified atom stereocenters. The van der Waals surface area contributed by atoms with Gasteiger partial charge >= 0.3 is 0 Å². The van der Waals surface area contributed by atoms with Gasteiger partial charge in [-0.2, -0.15) is 11.8 Å². The number of amides is 1. The molecule has 10 heteroatoms. The Hall–Kier alpha value is -1.17. The van der Waals surface area contributed by atoms with E-state index in [2.05, 4.69) is 14.9 Å². The van der Waals surface area contributed by atoms with Crippen molar-refractivity contribution in [2.75, 3.05) is 64.6 Å². The number of carbonyl (C=O) groups is 1. The molecule has 2 fully saturated rings. The number of nitrogens with one attached hydrogen (secondary N) is 2. The Morgan fingerprint density at radius 3 is 2.83 bits per heavy atom. The summed E-state index contributed by atoms with van der Waals surface area (Å²) in [6.45, 7) is 4.18. The van der Waals surface area contributed by atoms with Gasteiger partial charge in [0.15, 0.2) is 0 Å². The topological polar surface area (TPSA) is 97.0 Å². The van der Waals surface area contributed by atoms with Gasteiger partial charge in [0.25, 0.3) is 5.91 Å². The van der Waals surface area contributed by atoms with E-state index in [4.69, 9.17) is 9.47 Å². The predicted octanol–water partition coefficient (Wildman–Crippen LogP) is 0.549. The summed E-state index contributed by atoms with van der Waals surface area (Å²) in [6, 6.07) is 6.11. The summed E-state index contributed by atoms with van der Waals surface area (Å²) in [6.07, 6.45) is 1.02. The molecule has 2 heterocycles. The molecular formula is C19H29N3O5S2. The molecule has 0 bridgehead atoms. The van der Waals surface area contributed by atoms with E-state index in [1.54, 1.807) is 12.1 Å². The van der Waals surface area contributed by atoms with E-state index < -0.39 is 10.0 Å². The molecular weight excluding hydrogens is 414 g/mol.